The molecule has 6 heteroatoms. The summed E-state index contributed by atoms with van der Waals surface area (Å²) < 4.78 is 1.94. The largest absolute Gasteiger partial charge is 0.346 e. The number of nitrogens with zero attached hydrogens (tertiary/aromatic N) is 3. The van der Waals surface area contributed by atoms with E-state index in [1.165, 1.54) is 0 Å². The van der Waals surface area contributed by atoms with Gasteiger partial charge >= 0.3 is 0 Å². The standard InChI is InChI=1S/C19H26N4O2/c1-4-22(5-2)17(24)12-23-16-9-7-6-8-15(16)21-18(23)13(3)20-19(25)14-10-11-14/h6-9,13-14H,4-5,10-12H2,1-3H3,(H,20,25). The normalized spacial score (nSPS) is 15.2. The zero-order valence-electron chi connectivity index (χ0n) is 15.2. The van der Waals surface area contributed by atoms with Gasteiger partial charge in [-0.25, -0.2) is 4.98 Å². The first-order chi connectivity index (χ1) is 12.0. The lowest BCUT2D eigenvalue weighted by atomic mass is 10.2. The van der Waals surface area contributed by atoms with Gasteiger partial charge in [-0.1, -0.05) is 12.1 Å². The van der Waals surface area contributed by atoms with E-state index in [0.717, 1.165) is 29.7 Å². The third-order valence-corrected chi connectivity index (χ3v) is 4.79. The number of para-hydroxylation sites is 2. The van der Waals surface area contributed by atoms with Gasteiger partial charge in [0.2, 0.25) is 11.8 Å². The molecule has 1 atom stereocenters. The summed E-state index contributed by atoms with van der Waals surface area (Å²) in [4.78, 5) is 31.2. The molecule has 1 N–H and O–H groups in total. The van der Waals surface area contributed by atoms with Crippen LogP contribution in [0.15, 0.2) is 24.3 Å². The van der Waals surface area contributed by atoms with Gasteiger partial charge in [0.25, 0.3) is 0 Å². The average molecular weight is 342 g/mol. The highest BCUT2D eigenvalue weighted by Crippen LogP contribution is 2.30. The van der Waals surface area contributed by atoms with Crippen molar-refractivity contribution in [3.8, 4) is 0 Å². The maximum atomic E-state index is 12.6. The van der Waals surface area contributed by atoms with E-state index >= 15 is 0 Å². The highest BCUT2D eigenvalue weighted by Gasteiger charge is 2.31. The molecule has 134 valence electrons. The Morgan fingerprint density at radius 2 is 1.96 bits per heavy atom. The predicted molar refractivity (Wildman–Crippen MR) is 96.9 cm³/mol. The van der Waals surface area contributed by atoms with Crippen LogP contribution in [-0.4, -0.2) is 39.4 Å². The van der Waals surface area contributed by atoms with Gasteiger partial charge in [0.15, 0.2) is 0 Å². The minimum atomic E-state index is -0.231. The second-order valence-corrected chi connectivity index (χ2v) is 6.62. The Bertz CT molecular complexity index is 775. The smallest absolute Gasteiger partial charge is 0.242 e. The minimum absolute atomic E-state index is 0.0649. The Morgan fingerprint density at radius 1 is 1.28 bits per heavy atom. The molecule has 1 aromatic heterocycles. The molecule has 3 rings (SSSR count). The zero-order valence-corrected chi connectivity index (χ0v) is 15.2. The van der Waals surface area contributed by atoms with Crippen LogP contribution in [0.5, 0.6) is 0 Å². The molecule has 25 heavy (non-hydrogen) atoms. The van der Waals surface area contributed by atoms with Crippen LogP contribution in [0.4, 0.5) is 0 Å². The molecular formula is C19H26N4O2. The lowest BCUT2D eigenvalue weighted by molar-refractivity contribution is -0.131. The van der Waals surface area contributed by atoms with Crippen LogP contribution in [0.1, 0.15) is 45.5 Å². The molecule has 2 amide bonds. The van der Waals surface area contributed by atoms with E-state index in [1.54, 1.807) is 0 Å². The van der Waals surface area contributed by atoms with Gasteiger partial charge in [0.1, 0.15) is 12.4 Å². The van der Waals surface area contributed by atoms with Crippen LogP contribution >= 0.6 is 0 Å². The first kappa shape index (κ1) is 17.5. The van der Waals surface area contributed by atoms with Crippen LogP contribution in [-0.2, 0) is 16.1 Å². The van der Waals surface area contributed by atoms with Crippen molar-refractivity contribution >= 4 is 22.8 Å². The highest BCUT2D eigenvalue weighted by atomic mass is 16.2. The maximum absolute atomic E-state index is 12.6. The van der Waals surface area contributed by atoms with Crippen molar-refractivity contribution in [2.45, 2.75) is 46.2 Å². The lowest BCUT2D eigenvalue weighted by Gasteiger charge is -2.21. The first-order valence-corrected chi connectivity index (χ1v) is 9.08. The third-order valence-electron chi connectivity index (χ3n) is 4.79. The van der Waals surface area contributed by atoms with Crippen molar-refractivity contribution in [2.24, 2.45) is 5.92 Å². The number of hydrogen-bond acceptors (Lipinski definition) is 3. The van der Waals surface area contributed by atoms with Crippen molar-refractivity contribution < 1.29 is 9.59 Å². The zero-order chi connectivity index (χ0) is 18.0. The summed E-state index contributed by atoms with van der Waals surface area (Å²) >= 11 is 0. The molecule has 6 nitrogen and oxygen atoms in total. The van der Waals surface area contributed by atoms with Crippen molar-refractivity contribution in [3.05, 3.63) is 30.1 Å². The highest BCUT2D eigenvalue weighted by molar-refractivity contribution is 5.83. The fraction of sp³-hybridized carbons (Fsp3) is 0.526. The van der Waals surface area contributed by atoms with E-state index in [-0.39, 0.29) is 30.3 Å². The van der Waals surface area contributed by atoms with Crippen molar-refractivity contribution in [3.63, 3.8) is 0 Å². The summed E-state index contributed by atoms with van der Waals surface area (Å²) in [6.07, 6.45) is 1.94. The molecule has 1 saturated carbocycles. The Morgan fingerprint density at radius 3 is 2.60 bits per heavy atom. The number of carbonyl (C=O) groups is 2. The van der Waals surface area contributed by atoms with E-state index in [1.807, 2.05) is 54.5 Å². The van der Waals surface area contributed by atoms with Crippen molar-refractivity contribution in [1.29, 1.82) is 0 Å². The molecule has 2 aromatic rings. The van der Waals surface area contributed by atoms with E-state index < -0.39 is 0 Å². The Kier molecular flexibility index (Phi) is 5.06. The summed E-state index contributed by atoms with van der Waals surface area (Å²) in [5.74, 6) is 1.03. The van der Waals surface area contributed by atoms with Crippen LogP contribution in [0.3, 0.4) is 0 Å². The summed E-state index contributed by atoms with van der Waals surface area (Å²) in [5.41, 5.74) is 1.77. The van der Waals surface area contributed by atoms with Gasteiger partial charge < -0.3 is 14.8 Å². The van der Waals surface area contributed by atoms with Crippen molar-refractivity contribution in [2.75, 3.05) is 13.1 Å². The molecule has 1 fully saturated rings. The molecule has 1 heterocycles. The van der Waals surface area contributed by atoms with Gasteiger partial charge in [-0.05, 0) is 45.7 Å². The number of nitrogens with one attached hydrogen (secondary N) is 1. The minimum Gasteiger partial charge on any atom is -0.346 e. The Labute approximate surface area is 148 Å². The van der Waals surface area contributed by atoms with Crippen LogP contribution < -0.4 is 5.32 Å². The second-order valence-electron chi connectivity index (χ2n) is 6.62. The van der Waals surface area contributed by atoms with E-state index in [9.17, 15) is 9.59 Å². The Hall–Kier alpha value is -2.37. The van der Waals surface area contributed by atoms with Crippen LogP contribution in [0.25, 0.3) is 11.0 Å². The summed E-state index contributed by atoms with van der Waals surface area (Å²) in [6.45, 7) is 7.50. The molecule has 1 unspecified atom stereocenters. The molecule has 0 spiro atoms. The molecular weight excluding hydrogens is 316 g/mol. The number of aromatic nitrogens is 2. The molecule has 0 bridgehead atoms. The Balaban J connectivity index is 1.91. The molecule has 0 aliphatic heterocycles. The number of imidazole rings is 1. The van der Waals surface area contributed by atoms with E-state index in [2.05, 4.69) is 10.3 Å². The SMILES string of the molecule is CCN(CC)C(=O)Cn1c(C(C)NC(=O)C2CC2)nc2ccccc21. The van der Waals surface area contributed by atoms with Gasteiger partial charge in [0.05, 0.1) is 17.1 Å². The van der Waals surface area contributed by atoms with Gasteiger partial charge in [0, 0.05) is 19.0 Å². The second kappa shape index (κ2) is 7.25. The maximum Gasteiger partial charge on any atom is 0.242 e. The number of amides is 2. The number of carbonyl (C=O) groups excluding carboxylic acids is 2. The molecule has 0 radical (unpaired) electrons. The van der Waals surface area contributed by atoms with Gasteiger partial charge in [-0.2, -0.15) is 0 Å². The van der Waals surface area contributed by atoms with E-state index in [4.69, 9.17) is 0 Å². The third kappa shape index (κ3) is 3.67. The number of benzene rings is 1. The van der Waals surface area contributed by atoms with E-state index in [0.29, 0.717) is 13.1 Å². The van der Waals surface area contributed by atoms with Crippen LogP contribution in [0.2, 0.25) is 0 Å². The first-order valence-electron chi connectivity index (χ1n) is 9.08. The summed E-state index contributed by atoms with van der Waals surface area (Å²) in [7, 11) is 0. The molecule has 0 saturated heterocycles. The fourth-order valence-electron chi connectivity index (χ4n) is 3.14. The number of likely N-dealkylation sites (N-methyl/N-ethyl adjacent to an activating group) is 1. The van der Waals surface area contributed by atoms with Gasteiger partial charge in [-0.3, -0.25) is 9.59 Å². The number of hydrogen-bond donors (Lipinski definition) is 1. The van der Waals surface area contributed by atoms with Gasteiger partial charge in [-0.15, -0.1) is 0 Å². The van der Waals surface area contributed by atoms with Crippen molar-refractivity contribution in [1.82, 2.24) is 19.8 Å². The number of fused-ring (bicyclic) bond motifs is 1. The summed E-state index contributed by atoms with van der Waals surface area (Å²) in [6, 6.07) is 7.55. The average Bonchev–Trinajstić information content (AvgIpc) is 3.39. The quantitative estimate of drug-likeness (QED) is 0.840. The van der Waals surface area contributed by atoms with Crippen LogP contribution in [0, 0.1) is 5.92 Å². The fourth-order valence-corrected chi connectivity index (χ4v) is 3.14. The lowest BCUT2D eigenvalue weighted by Crippen LogP contribution is -2.35. The molecule has 1 aromatic carbocycles. The predicted octanol–water partition coefficient (Wildman–Crippen LogP) is 2.49. The topological polar surface area (TPSA) is 67.2 Å². The monoisotopic (exact) mass is 342 g/mol. The number of rotatable bonds is 7. The molecule has 1 aliphatic rings. The summed E-state index contributed by atoms with van der Waals surface area (Å²) in [5, 5.41) is 3.04. The molecule has 1 aliphatic carbocycles.